The lowest BCUT2D eigenvalue weighted by atomic mass is 10.2. The molecule has 1 fully saturated rings. The van der Waals surface area contributed by atoms with Crippen LogP contribution < -0.4 is 9.47 Å². The van der Waals surface area contributed by atoms with E-state index < -0.39 is 18.2 Å². The molecule has 0 saturated carbocycles. The molecule has 1 aromatic rings. The molecule has 0 aliphatic carbocycles. The lowest BCUT2D eigenvalue weighted by Gasteiger charge is -2.23. The number of benzene rings is 1. The van der Waals surface area contributed by atoms with Crippen molar-refractivity contribution in [3.05, 3.63) is 23.8 Å². The number of hydrogen-bond donors (Lipinski definition) is 0. The maximum absolute atomic E-state index is 11.2. The number of ether oxygens (including phenoxy) is 4. The highest BCUT2D eigenvalue weighted by molar-refractivity contribution is 5.92. The average Bonchev–Trinajstić information content (AvgIpc) is 2.36. The molecule has 96 valence electrons. The first-order chi connectivity index (χ1) is 8.63. The fourth-order valence-corrected chi connectivity index (χ4v) is 1.60. The molecule has 6 heteroatoms. The lowest BCUT2D eigenvalue weighted by Crippen LogP contribution is -2.26. The number of esters is 2. The van der Waals surface area contributed by atoms with Crippen LogP contribution in [0.5, 0.6) is 11.5 Å². The van der Waals surface area contributed by atoms with Crippen LogP contribution in [0, 0.1) is 0 Å². The average molecular weight is 252 g/mol. The molecule has 6 nitrogen and oxygen atoms in total. The number of methoxy groups -OCH3 is 2. The molecule has 0 radical (unpaired) electrons. The van der Waals surface area contributed by atoms with E-state index in [0.717, 1.165) is 0 Å². The topological polar surface area (TPSA) is 71.1 Å². The third-order valence-electron chi connectivity index (χ3n) is 2.45. The van der Waals surface area contributed by atoms with E-state index >= 15 is 0 Å². The van der Waals surface area contributed by atoms with Crippen molar-refractivity contribution in [1.29, 1.82) is 0 Å². The van der Waals surface area contributed by atoms with Gasteiger partial charge in [0.15, 0.2) is 11.5 Å². The van der Waals surface area contributed by atoms with Gasteiger partial charge in [-0.25, -0.2) is 0 Å². The zero-order chi connectivity index (χ0) is 13.1. The molecule has 0 unspecified atom stereocenters. The fourth-order valence-electron chi connectivity index (χ4n) is 1.60. The molecule has 1 aromatic carbocycles. The first-order valence-corrected chi connectivity index (χ1v) is 5.25. The third-order valence-corrected chi connectivity index (χ3v) is 2.45. The smallest absolute Gasteiger partial charge is 0.320 e. The summed E-state index contributed by atoms with van der Waals surface area (Å²) < 4.78 is 20.1. The number of carbonyl (C=O) groups is 2. The molecule has 0 aromatic heterocycles. The summed E-state index contributed by atoms with van der Waals surface area (Å²) in [7, 11) is 3.00. The van der Waals surface area contributed by atoms with Crippen LogP contribution in [0.1, 0.15) is 18.3 Å². The van der Waals surface area contributed by atoms with E-state index in [1.165, 1.54) is 14.2 Å². The summed E-state index contributed by atoms with van der Waals surface area (Å²) in [5, 5.41) is 0. The van der Waals surface area contributed by atoms with Gasteiger partial charge in [-0.05, 0) is 18.2 Å². The van der Waals surface area contributed by atoms with Gasteiger partial charge in [0.1, 0.15) is 6.42 Å². The van der Waals surface area contributed by atoms with Crippen LogP contribution in [-0.4, -0.2) is 26.2 Å². The van der Waals surface area contributed by atoms with Crippen LogP contribution in [0.4, 0.5) is 0 Å². The Morgan fingerprint density at radius 2 is 1.67 bits per heavy atom. The molecule has 0 spiro atoms. The SMILES string of the molecule is COc1ccc(C2OC(=O)CC(=O)O2)cc1OC. The van der Waals surface area contributed by atoms with Gasteiger partial charge in [-0.2, -0.15) is 0 Å². The Labute approximate surface area is 103 Å². The minimum absolute atomic E-state index is 0.357. The summed E-state index contributed by atoms with van der Waals surface area (Å²) in [5.74, 6) is -0.209. The zero-order valence-corrected chi connectivity index (χ0v) is 9.97. The number of cyclic esters (lactones) is 2. The van der Waals surface area contributed by atoms with Crippen molar-refractivity contribution < 1.29 is 28.5 Å². The molecule has 1 saturated heterocycles. The summed E-state index contributed by atoms with van der Waals surface area (Å²) in [5.41, 5.74) is 0.508. The van der Waals surface area contributed by atoms with Gasteiger partial charge in [0.25, 0.3) is 6.29 Å². The number of rotatable bonds is 3. The summed E-state index contributed by atoms with van der Waals surface area (Å²) >= 11 is 0. The molecule has 2 rings (SSSR count). The highest BCUT2D eigenvalue weighted by atomic mass is 16.7. The molecule has 0 bridgehead atoms. The van der Waals surface area contributed by atoms with E-state index in [-0.39, 0.29) is 6.42 Å². The molecular formula is C12H12O6. The van der Waals surface area contributed by atoms with Crippen molar-refractivity contribution in [2.45, 2.75) is 12.7 Å². The summed E-state index contributed by atoms with van der Waals surface area (Å²) in [4.78, 5) is 22.3. The van der Waals surface area contributed by atoms with Crippen molar-refractivity contribution in [1.82, 2.24) is 0 Å². The van der Waals surface area contributed by atoms with Crippen LogP contribution in [0.25, 0.3) is 0 Å². The highest BCUT2D eigenvalue weighted by Crippen LogP contribution is 2.32. The fraction of sp³-hybridized carbons (Fsp3) is 0.333. The molecule has 1 heterocycles. The van der Waals surface area contributed by atoms with E-state index in [1.807, 2.05) is 0 Å². The van der Waals surface area contributed by atoms with Crippen LogP contribution in [0.2, 0.25) is 0 Å². The van der Waals surface area contributed by atoms with Crippen molar-refractivity contribution in [2.75, 3.05) is 14.2 Å². The predicted molar refractivity (Wildman–Crippen MR) is 59.1 cm³/mol. The van der Waals surface area contributed by atoms with Crippen molar-refractivity contribution in [2.24, 2.45) is 0 Å². The van der Waals surface area contributed by atoms with Crippen molar-refractivity contribution >= 4 is 11.9 Å². The Kier molecular flexibility index (Phi) is 3.36. The molecule has 0 amide bonds. The van der Waals surface area contributed by atoms with E-state index in [4.69, 9.17) is 18.9 Å². The quantitative estimate of drug-likeness (QED) is 0.594. The maximum Gasteiger partial charge on any atom is 0.320 e. The number of hydrogen-bond acceptors (Lipinski definition) is 6. The van der Waals surface area contributed by atoms with Crippen LogP contribution in [-0.2, 0) is 19.1 Å². The Bertz CT molecular complexity index is 465. The number of carbonyl (C=O) groups excluding carboxylic acids is 2. The van der Waals surface area contributed by atoms with Gasteiger partial charge in [0.2, 0.25) is 0 Å². The summed E-state index contributed by atoms with van der Waals surface area (Å²) in [6.07, 6.45) is -1.39. The van der Waals surface area contributed by atoms with Crippen LogP contribution in [0.3, 0.4) is 0 Å². The van der Waals surface area contributed by atoms with Crippen LogP contribution in [0.15, 0.2) is 18.2 Å². The maximum atomic E-state index is 11.2. The highest BCUT2D eigenvalue weighted by Gasteiger charge is 2.29. The second-order valence-electron chi connectivity index (χ2n) is 3.60. The van der Waals surface area contributed by atoms with Gasteiger partial charge in [-0.15, -0.1) is 0 Å². The second kappa shape index (κ2) is 4.95. The standard InChI is InChI=1S/C12H12O6/c1-15-8-4-3-7(5-9(8)16-2)12-17-10(13)6-11(14)18-12/h3-5,12H,6H2,1-2H3. The third kappa shape index (κ3) is 2.37. The normalized spacial score (nSPS) is 15.9. The molecule has 1 aliphatic rings. The largest absolute Gasteiger partial charge is 0.493 e. The monoisotopic (exact) mass is 252 g/mol. The Balaban J connectivity index is 2.27. The van der Waals surface area contributed by atoms with Gasteiger partial charge >= 0.3 is 11.9 Å². The van der Waals surface area contributed by atoms with Gasteiger partial charge in [0.05, 0.1) is 14.2 Å². The van der Waals surface area contributed by atoms with E-state index in [9.17, 15) is 9.59 Å². The van der Waals surface area contributed by atoms with Gasteiger partial charge < -0.3 is 18.9 Å². The van der Waals surface area contributed by atoms with Gasteiger partial charge in [-0.1, -0.05) is 0 Å². The second-order valence-corrected chi connectivity index (χ2v) is 3.60. The molecule has 18 heavy (non-hydrogen) atoms. The summed E-state index contributed by atoms with van der Waals surface area (Å²) in [6.45, 7) is 0. The summed E-state index contributed by atoms with van der Waals surface area (Å²) in [6, 6.07) is 4.87. The van der Waals surface area contributed by atoms with Crippen LogP contribution >= 0.6 is 0 Å². The Hall–Kier alpha value is -2.24. The first kappa shape index (κ1) is 12.2. The first-order valence-electron chi connectivity index (χ1n) is 5.25. The lowest BCUT2D eigenvalue weighted by molar-refractivity contribution is -0.204. The van der Waals surface area contributed by atoms with E-state index in [1.54, 1.807) is 18.2 Å². The minimum Gasteiger partial charge on any atom is -0.493 e. The minimum atomic E-state index is -1.03. The zero-order valence-electron chi connectivity index (χ0n) is 9.97. The van der Waals surface area contributed by atoms with Crippen molar-refractivity contribution in [3.63, 3.8) is 0 Å². The van der Waals surface area contributed by atoms with Crippen molar-refractivity contribution in [3.8, 4) is 11.5 Å². The van der Waals surface area contributed by atoms with E-state index in [0.29, 0.717) is 17.1 Å². The molecular weight excluding hydrogens is 240 g/mol. The Morgan fingerprint density at radius 3 is 2.22 bits per heavy atom. The Morgan fingerprint density at radius 1 is 1.06 bits per heavy atom. The molecule has 0 atom stereocenters. The van der Waals surface area contributed by atoms with Gasteiger partial charge in [0, 0.05) is 5.56 Å². The molecule has 1 aliphatic heterocycles. The predicted octanol–water partition coefficient (Wildman–Crippen LogP) is 1.19. The van der Waals surface area contributed by atoms with Gasteiger partial charge in [-0.3, -0.25) is 9.59 Å². The molecule has 0 N–H and O–H groups in total. The van der Waals surface area contributed by atoms with E-state index in [2.05, 4.69) is 0 Å².